The topological polar surface area (TPSA) is 36.9 Å². The van der Waals surface area contributed by atoms with Crippen LogP contribution in [-0.2, 0) is 19.6 Å². The second-order valence-corrected chi connectivity index (χ2v) is 8.75. The van der Waals surface area contributed by atoms with Gasteiger partial charge in [-0.15, -0.1) is 0 Å². The molecule has 0 aromatic carbocycles. The van der Waals surface area contributed by atoms with Gasteiger partial charge in [-0.2, -0.15) is 9.78 Å². The smallest absolute Gasteiger partial charge is 0.227 e. The molecule has 0 amide bonds. The lowest BCUT2D eigenvalue weighted by molar-refractivity contribution is -0.562. The second kappa shape index (κ2) is 9.16. The Bertz CT molecular complexity index is 365. The van der Waals surface area contributed by atoms with E-state index in [-0.39, 0.29) is 17.1 Å². The lowest BCUT2D eigenvalue weighted by atomic mass is 9.73. The van der Waals surface area contributed by atoms with Gasteiger partial charge < -0.3 is 0 Å². The van der Waals surface area contributed by atoms with Gasteiger partial charge >= 0.3 is 0 Å². The van der Waals surface area contributed by atoms with E-state index in [4.69, 9.17) is 19.6 Å². The van der Waals surface area contributed by atoms with Crippen molar-refractivity contribution >= 4 is 0 Å². The summed E-state index contributed by atoms with van der Waals surface area (Å²) in [6, 6.07) is 0. The average molecular weight is 359 g/mol. The summed E-state index contributed by atoms with van der Waals surface area (Å²) in [5.74, 6) is 0.494. The van der Waals surface area contributed by atoms with Crippen molar-refractivity contribution in [1.82, 2.24) is 0 Å². The molecule has 0 saturated heterocycles. The highest BCUT2D eigenvalue weighted by Gasteiger charge is 2.50. The third-order valence-corrected chi connectivity index (χ3v) is 6.81. The predicted molar refractivity (Wildman–Crippen MR) is 102 cm³/mol. The minimum atomic E-state index is -0.844. The zero-order chi connectivity index (χ0) is 19.3. The number of hydrogen-bond donors (Lipinski definition) is 0. The fourth-order valence-electron chi connectivity index (χ4n) is 3.14. The molecule has 0 spiro atoms. The number of hydrogen-bond acceptors (Lipinski definition) is 4. The van der Waals surface area contributed by atoms with Crippen molar-refractivity contribution in [3.63, 3.8) is 0 Å². The van der Waals surface area contributed by atoms with Crippen LogP contribution >= 0.6 is 0 Å². The van der Waals surface area contributed by atoms with Crippen molar-refractivity contribution < 1.29 is 19.6 Å². The Morgan fingerprint density at radius 2 is 1.16 bits per heavy atom. The van der Waals surface area contributed by atoms with E-state index >= 15 is 0 Å². The standard InChI is InChI=1S/C21H42O4/c1-10-19(8,11-2)22-24-21(25-23-20(9,12-3)13-4)15-17(6)16(5)14-18(21)7/h16-18H,10-15H2,1-9H3. The molecule has 3 unspecified atom stereocenters. The first-order valence-electron chi connectivity index (χ1n) is 10.3. The van der Waals surface area contributed by atoms with E-state index in [1.807, 2.05) is 0 Å². The normalized spacial score (nSPS) is 27.5. The highest BCUT2D eigenvalue weighted by molar-refractivity contribution is 4.87. The van der Waals surface area contributed by atoms with Gasteiger partial charge in [0, 0.05) is 12.3 Å². The summed E-state index contributed by atoms with van der Waals surface area (Å²) in [5, 5.41) is 0. The summed E-state index contributed by atoms with van der Waals surface area (Å²) < 4.78 is 0. The van der Waals surface area contributed by atoms with Crippen LogP contribution in [0.4, 0.5) is 0 Å². The highest BCUT2D eigenvalue weighted by atomic mass is 17.3. The molecule has 0 N–H and O–H groups in total. The maximum absolute atomic E-state index is 6.09. The third kappa shape index (κ3) is 5.66. The van der Waals surface area contributed by atoms with Crippen molar-refractivity contribution in [3.05, 3.63) is 0 Å². The summed E-state index contributed by atoms with van der Waals surface area (Å²) >= 11 is 0. The van der Waals surface area contributed by atoms with Gasteiger partial charge in [0.05, 0.1) is 0 Å². The van der Waals surface area contributed by atoms with Crippen molar-refractivity contribution in [1.29, 1.82) is 0 Å². The van der Waals surface area contributed by atoms with Crippen LogP contribution < -0.4 is 0 Å². The molecule has 0 heterocycles. The van der Waals surface area contributed by atoms with Crippen LogP contribution in [-0.4, -0.2) is 17.0 Å². The summed E-state index contributed by atoms with van der Waals surface area (Å²) in [6.07, 6.45) is 5.38. The van der Waals surface area contributed by atoms with Crippen LogP contribution in [0.3, 0.4) is 0 Å². The van der Waals surface area contributed by atoms with E-state index in [0.717, 1.165) is 38.5 Å². The average Bonchev–Trinajstić information content (AvgIpc) is 2.62. The van der Waals surface area contributed by atoms with Crippen molar-refractivity contribution in [3.8, 4) is 0 Å². The van der Waals surface area contributed by atoms with Gasteiger partial charge in [0.2, 0.25) is 5.79 Å². The maximum Gasteiger partial charge on any atom is 0.236 e. The van der Waals surface area contributed by atoms with Crippen LogP contribution in [0.5, 0.6) is 0 Å². The molecule has 0 bridgehead atoms. The van der Waals surface area contributed by atoms with E-state index < -0.39 is 5.79 Å². The maximum atomic E-state index is 6.09. The molecule has 3 atom stereocenters. The molecule has 1 fully saturated rings. The SMILES string of the molecule is CCC(C)(CC)OOC1(OOC(C)(CC)CC)CC(C)C(C)CC1C. The van der Waals surface area contributed by atoms with Crippen LogP contribution in [0.2, 0.25) is 0 Å². The van der Waals surface area contributed by atoms with E-state index in [0.29, 0.717) is 11.8 Å². The number of rotatable bonds is 10. The van der Waals surface area contributed by atoms with E-state index in [1.165, 1.54) is 0 Å². The van der Waals surface area contributed by atoms with Gasteiger partial charge in [-0.05, 0) is 57.8 Å². The summed E-state index contributed by atoms with van der Waals surface area (Å²) in [4.78, 5) is 24.1. The van der Waals surface area contributed by atoms with Gasteiger partial charge in [-0.1, -0.05) is 48.5 Å². The molecule has 0 aliphatic heterocycles. The van der Waals surface area contributed by atoms with Gasteiger partial charge in [0.1, 0.15) is 11.2 Å². The first-order chi connectivity index (χ1) is 11.6. The fraction of sp³-hybridized carbons (Fsp3) is 1.00. The van der Waals surface area contributed by atoms with Gasteiger partial charge in [0.15, 0.2) is 0 Å². The molecule has 4 heteroatoms. The van der Waals surface area contributed by atoms with Crippen LogP contribution in [0.15, 0.2) is 0 Å². The lowest BCUT2D eigenvalue weighted by Gasteiger charge is -2.46. The van der Waals surface area contributed by atoms with Crippen LogP contribution in [0, 0.1) is 17.8 Å². The Morgan fingerprint density at radius 3 is 1.52 bits per heavy atom. The first kappa shape index (κ1) is 22.9. The van der Waals surface area contributed by atoms with Crippen molar-refractivity contribution in [2.45, 2.75) is 118 Å². The molecule has 150 valence electrons. The van der Waals surface area contributed by atoms with E-state index in [2.05, 4.69) is 62.3 Å². The molecule has 0 aromatic heterocycles. The Kier molecular flexibility index (Phi) is 8.39. The fourth-order valence-corrected chi connectivity index (χ4v) is 3.14. The Morgan fingerprint density at radius 1 is 0.760 bits per heavy atom. The van der Waals surface area contributed by atoms with Crippen molar-refractivity contribution in [2.24, 2.45) is 17.8 Å². The van der Waals surface area contributed by atoms with Gasteiger partial charge in [-0.25, -0.2) is 9.78 Å². The minimum absolute atomic E-state index is 0.203. The zero-order valence-corrected chi connectivity index (χ0v) is 18.1. The predicted octanol–water partition coefficient (Wildman–Crippen LogP) is 6.44. The molecular weight excluding hydrogens is 316 g/mol. The minimum Gasteiger partial charge on any atom is -0.227 e. The third-order valence-electron chi connectivity index (χ3n) is 6.81. The van der Waals surface area contributed by atoms with Crippen LogP contribution in [0.25, 0.3) is 0 Å². The molecule has 0 radical (unpaired) electrons. The molecule has 1 rings (SSSR count). The van der Waals surface area contributed by atoms with Crippen molar-refractivity contribution in [2.75, 3.05) is 0 Å². The molecular formula is C21H42O4. The Labute approximate surface area is 155 Å². The molecule has 4 nitrogen and oxygen atoms in total. The zero-order valence-electron chi connectivity index (χ0n) is 18.1. The summed E-state index contributed by atoms with van der Waals surface area (Å²) in [5.41, 5.74) is -0.609. The molecule has 1 aliphatic rings. The van der Waals surface area contributed by atoms with E-state index in [9.17, 15) is 0 Å². The molecule has 1 aliphatic carbocycles. The Hall–Kier alpha value is -0.160. The molecule has 0 aromatic rings. The second-order valence-electron chi connectivity index (χ2n) is 8.75. The molecule has 1 saturated carbocycles. The van der Waals surface area contributed by atoms with E-state index in [1.54, 1.807) is 0 Å². The molecule has 25 heavy (non-hydrogen) atoms. The van der Waals surface area contributed by atoms with Gasteiger partial charge in [-0.3, -0.25) is 0 Å². The van der Waals surface area contributed by atoms with Gasteiger partial charge in [0.25, 0.3) is 0 Å². The summed E-state index contributed by atoms with van der Waals surface area (Å²) in [7, 11) is 0. The monoisotopic (exact) mass is 358 g/mol. The van der Waals surface area contributed by atoms with Crippen LogP contribution in [0.1, 0.15) is 101 Å². The lowest BCUT2D eigenvalue weighted by Crippen LogP contribution is -2.51. The Balaban J connectivity index is 2.97. The summed E-state index contributed by atoms with van der Waals surface area (Å²) in [6.45, 7) is 19.4. The quantitative estimate of drug-likeness (QED) is 0.256. The highest BCUT2D eigenvalue weighted by Crippen LogP contribution is 2.45. The first-order valence-corrected chi connectivity index (χ1v) is 10.3. The largest absolute Gasteiger partial charge is 0.236 e.